The molecule has 3 aromatic rings. The monoisotopic (exact) mass is 578 g/mol. The summed E-state index contributed by atoms with van der Waals surface area (Å²) in [5, 5.41) is 17.9. The van der Waals surface area contributed by atoms with Gasteiger partial charge in [-0.2, -0.15) is 5.26 Å². The number of rotatable bonds is 8. The summed E-state index contributed by atoms with van der Waals surface area (Å²) < 4.78 is 12.0. The van der Waals surface area contributed by atoms with Crippen molar-refractivity contribution >= 4 is 50.9 Å². The Hall–Kier alpha value is -4.07. The number of ether oxygens (including phenoxy) is 2. The first kappa shape index (κ1) is 26.0. The predicted octanol–water partition coefficient (Wildman–Crippen LogP) is 5.84. The van der Waals surface area contributed by atoms with Crippen molar-refractivity contribution in [2.75, 3.05) is 7.11 Å². The van der Waals surface area contributed by atoms with Crippen LogP contribution in [0, 0.1) is 11.3 Å². The van der Waals surface area contributed by atoms with E-state index in [4.69, 9.17) is 14.6 Å². The van der Waals surface area contributed by atoms with Crippen molar-refractivity contribution in [3.8, 4) is 17.6 Å². The summed E-state index contributed by atoms with van der Waals surface area (Å²) in [4.78, 5) is 37.9. The molecule has 1 aliphatic heterocycles. The Bertz CT molecular complexity index is 1460. The quantitative estimate of drug-likeness (QED) is 0.331. The molecule has 0 aliphatic carbocycles. The number of hydrogen-bond acceptors (Lipinski definition) is 7. The number of halogens is 1. The summed E-state index contributed by atoms with van der Waals surface area (Å²) in [6.07, 6.45) is 1.60. The SMILES string of the molecule is COc1cc(/C=C2/SC(=O)N(Cc3ccccc3C#N)C2=O)cc(Br)c1OCc1ccc(C(=O)O)cc1. The Labute approximate surface area is 225 Å². The van der Waals surface area contributed by atoms with E-state index in [2.05, 4.69) is 22.0 Å². The van der Waals surface area contributed by atoms with Gasteiger partial charge in [0.05, 0.1) is 40.2 Å². The number of carboxylic acids is 1. The molecule has 1 saturated heterocycles. The Morgan fingerprint density at radius 3 is 2.57 bits per heavy atom. The molecule has 8 nitrogen and oxygen atoms in total. The second-order valence-electron chi connectivity index (χ2n) is 7.86. The first-order chi connectivity index (χ1) is 17.8. The van der Waals surface area contributed by atoms with Crippen molar-refractivity contribution in [1.29, 1.82) is 5.26 Å². The van der Waals surface area contributed by atoms with Crippen LogP contribution >= 0.6 is 27.7 Å². The van der Waals surface area contributed by atoms with E-state index in [1.165, 1.54) is 19.2 Å². The van der Waals surface area contributed by atoms with Crippen LogP contribution in [0.15, 0.2) is 70.0 Å². The first-order valence-corrected chi connectivity index (χ1v) is 12.5. The number of imide groups is 1. The minimum atomic E-state index is -1.00. The molecular weight excluding hydrogens is 560 g/mol. The number of benzene rings is 3. The molecule has 1 aliphatic rings. The highest BCUT2D eigenvalue weighted by atomic mass is 79.9. The molecule has 3 aromatic carbocycles. The highest BCUT2D eigenvalue weighted by molar-refractivity contribution is 9.10. The lowest BCUT2D eigenvalue weighted by atomic mass is 10.1. The molecule has 0 saturated carbocycles. The lowest BCUT2D eigenvalue weighted by Gasteiger charge is -2.14. The third-order valence-corrected chi connectivity index (χ3v) is 6.97. The summed E-state index contributed by atoms with van der Waals surface area (Å²) in [5.41, 5.74) is 2.58. The van der Waals surface area contributed by atoms with Crippen LogP contribution in [0.2, 0.25) is 0 Å². The normalized spacial score (nSPS) is 14.1. The fourth-order valence-corrected chi connectivity index (χ4v) is 5.00. The lowest BCUT2D eigenvalue weighted by Crippen LogP contribution is -2.27. The van der Waals surface area contributed by atoms with Gasteiger partial charge in [-0.3, -0.25) is 14.5 Å². The highest BCUT2D eigenvalue weighted by Crippen LogP contribution is 2.39. The van der Waals surface area contributed by atoms with Gasteiger partial charge in [-0.25, -0.2) is 4.79 Å². The summed E-state index contributed by atoms with van der Waals surface area (Å²) in [6.45, 7) is 0.191. The van der Waals surface area contributed by atoms with Crippen LogP contribution in [0.4, 0.5) is 4.79 Å². The second-order valence-corrected chi connectivity index (χ2v) is 9.71. The number of carbonyl (C=O) groups excluding carboxylic acids is 2. The number of amides is 2. The first-order valence-electron chi connectivity index (χ1n) is 10.9. The molecule has 10 heteroatoms. The molecule has 37 heavy (non-hydrogen) atoms. The molecule has 0 spiro atoms. The van der Waals surface area contributed by atoms with Gasteiger partial charge in [-0.05, 0) is 80.8 Å². The van der Waals surface area contributed by atoms with Crippen molar-refractivity contribution in [3.63, 3.8) is 0 Å². The van der Waals surface area contributed by atoms with Crippen LogP contribution in [-0.2, 0) is 17.9 Å². The summed E-state index contributed by atoms with van der Waals surface area (Å²) >= 11 is 4.31. The number of hydrogen-bond donors (Lipinski definition) is 1. The number of nitriles is 1. The summed E-state index contributed by atoms with van der Waals surface area (Å²) in [6, 6.07) is 18.7. The smallest absolute Gasteiger partial charge is 0.335 e. The van der Waals surface area contributed by atoms with Crippen molar-refractivity contribution in [1.82, 2.24) is 4.90 Å². The van der Waals surface area contributed by atoms with Crippen LogP contribution in [0.3, 0.4) is 0 Å². The number of nitrogens with zero attached hydrogens (tertiary/aromatic N) is 2. The van der Waals surface area contributed by atoms with Gasteiger partial charge in [0.15, 0.2) is 11.5 Å². The van der Waals surface area contributed by atoms with Crippen molar-refractivity contribution < 1.29 is 29.0 Å². The fourth-order valence-electron chi connectivity index (χ4n) is 3.59. The van der Waals surface area contributed by atoms with E-state index >= 15 is 0 Å². The van der Waals surface area contributed by atoms with Gasteiger partial charge >= 0.3 is 5.97 Å². The number of methoxy groups -OCH3 is 1. The second kappa shape index (κ2) is 11.3. The van der Waals surface area contributed by atoms with E-state index < -0.39 is 17.1 Å². The van der Waals surface area contributed by atoms with Crippen LogP contribution in [0.25, 0.3) is 6.08 Å². The molecule has 1 N–H and O–H groups in total. The maximum absolute atomic E-state index is 13.0. The number of carbonyl (C=O) groups is 3. The molecule has 0 aromatic heterocycles. The molecule has 0 unspecified atom stereocenters. The van der Waals surface area contributed by atoms with Gasteiger partial charge in [0.25, 0.3) is 11.1 Å². The van der Waals surface area contributed by atoms with Crippen LogP contribution in [0.5, 0.6) is 11.5 Å². The van der Waals surface area contributed by atoms with Crippen LogP contribution in [0.1, 0.15) is 32.6 Å². The van der Waals surface area contributed by atoms with E-state index in [1.54, 1.807) is 54.6 Å². The zero-order valence-electron chi connectivity index (χ0n) is 19.4. The molecule has 186 valence electrons. The molecule has 1 fully saturated rings. The number of aromatic carboxylic acids is 1. The Morgan fingerprint density at radius 2 is 1.89 bits per heavy atom. The zero-order chi connectivity index (χ0) is 26.5. The maximum Gasteiger partial charge on any atom is 0.335 e. The Balaban J connectivity index is 1.52. The minimum Gasteiger partial charge on any atom is -0.493 e. The molecule has 0 atom stereocenters. The molecule has 2 amide bonds. The van der Waals surface area contributed by atoms with Gasteiger partial charge in [0.1, 0.15) is 6.61 Å². The lowest BCUT2D eigenvalue weighted by molar-refractivity contribution is -0.123. The van der Waals surface area contributed by atoms with Gasteiger partial charge < -0.3 is 14.6 Å². The molecular formula is C27H19BrN2O6S. The number of thioether (sulfide) groups is 1. The Morgan fingerprint density at radius 1 is 1.16 bits per heavy atom. The number of carboxylic acid groups (broad SMARTS) is 1. The molecule has 4 rings (SSSR count). The van der Waals surface area contributed by atoms with Gasteiger partial charge in [0, 0.05) is 0 Å². The predicted molar refractivity (Wildman–Crippen MR) is 141 cm³/mol. The largest absolute Gasteiger partial charge is 0.493 e. The summed E-state index contributed by atoms with van der Waals surface area (Å²) in [5.74, 6) is -0.603. The zero-order valence-corrected chi connectivity index (χ0v) is 21.8. The maximum atomic E-state index is 13.0. The Kier molecular flexibility index (Phi) is 7.96. The van der Waals surface area contributed by atoms with E-state index in [0.717, 1.165) is 22.2 Å². The third kappa shape index (κ3) is 5.85. The highest BCUT2D eigenvalue weighted by Gasteiger charge is 2.35. The third-order valence-electron chi connectivity index (χ3n) is 5.47. The minimum absolute atomic E-state index is 0.0129. The van der Waals surface area contributed by atoms with E-state index in [1.807, 2.05) is 0 Å². The fraction of sp³-hybridized carbons (Fsp3) is 0.111. The van der Waals surface area contributed by atoms with E-state index in [9.17, 15) is 19.6 Å². The average Bonchev–Trinajstić information content (AvgIpc) is 3.15. The van der Waals surface area contributed by atoms with Gasteiger partial charge in [0.2, 0.25) is 0 Å². The van der Waals surface area contributed by atoms with Crippen molar-refractivity contribution in [2.24, 2.45) is 0 Å². The standard InChI is InChI=1S/C27H19BrN2O6S/c1-35-22-11-17(10-21(28)24(22)36-15-16-6-8-18(9-7-16)26(32)33)12-23-25(31)30(27(34)37-23)14-20-5-3-2-4-19(20)13-29/h2-12H,14-15H2,1H3,(H,32,33)/b23-12+. The van der Waals surface area contributed by atoms with Gasteiger partial charge in [-0.15, -0.1) is 0 Å². The topological polar surface area (TPSA) is 117 Å². The average molecular weight is 579 g/mol. The van der Waals surface area contributed by atoms with Crippen molar-refractivity contribution in [3.05, 3.63) is 97.9 Å². The van der Waals surface area contributed by atoms with Gasteiger partial charge in [-0.1, -0.05) is 30.3 Å². The van der Waals surface area contributed by atoms with Crippen molar-refractivity contribution in [2.45, 2.75) is 13.2 Å². The van der Waals surface area contributed by atoms with E-state index in [0.29, 0.717) is 32.7 Å². The van der Waals surface area contributed by atoms with Crippen LogP contribution in [-0.4, -0.2) is 34.2 Å². The summed E-state index contributed by atoms with van der Waals surface area (Å²) in [7, 11) is 1.49. The van der Waals surface area contributed by atoms with Crippen LogP contribution < -0.4 is 9.47 Å². The molecule has 1 heterocycles. The van der Waals surface area contributed by atoms with E-state index in [-0.39, 0.29) is 23.6 Å². The molecule has 0 bridgehead atoms. The molecule has 0 radical (unpaired) electrons.